The van der Waals surface area contributed by atoms with Crippen LogP contribution in [0.5, 0.6) is 0 Å². The summed E-state index contributed by atoms with van der Waals surface area (Å²) in [6.07, 6.45) is 0.847. The molecule has 2 atom stereocenters. The van der Waals surface area contributed by atoms with E-state index < -0.39 is 6.04 Å². The number of benzene rings is 1. The highest BCUT2D eigenvalue weighted by molar-refractivity contribution is 6.04. The van der Waals surface area contributed by atoms with Crippen LogP contribution >= 0.6 is 0 Å². The van der Waals surface area contributed by atoms with Crippen molar-refractivity contribution in [1.29, 1.82) is 0 Å². The van der Waals surface area contributed by atoms with Gasteiger partial charge in [-0.2, -0.15) is 0 Å². The molecule has 0 saturated carbocycles. The molecule has 1 aromatic rings. The van der Waals surface area contributed by atoms with Crippen molar-refractivity contribution in [2.45, 2.75) is 39.3 Å². The first-order valence-corrected chi connectivity index (χ1v) is 6.42. The average molecular weight is 263 g/mol. The van der Waals surface area contributed by atoms with Gasteiger partial charge in [-0.25, -0.2) is 0 Å². The van der Waals surface area contributed by atoms with Crippen LogP contribution in [0, 0.1) is 0 Å². The van der Waals surface area contributed by atoms with Gasteiger partial charge in [-0.15, -0.1) is 0 Å². The summed E-state index contributed by atoms with van der Waals surface area (Å²) in [7, 11) is 0. The molecule has 0 aliphatic carbocycles. The third-order valence-corrected chi connectivity index (χ3v) is 2.83. The summed E-state index contributed by atoms with van der Waals surface area (Å²) in [5, 5.41) is 5.52. The maximum Gasteiger partial charge on any atom is 0.253 e. The van der Waals surface area contributed by atoms with Crippen molar-refractivity contribution in [1.82, 2.24) is 5.32 Å². The minimum absolute atomic E-state index is 0.0877. The average Bonchev–Trinajstić information content (AvgIpc) is 2.38. The van der Waals surface area contributed by atoms with Crippen molar-refractivity contribution in [2.24, 2.45) is 5.73 Å². The lowest BCUT2D eigenvalue weighted by Gasteiger charge is -2.15. The van der Waals surface area contributed by atoms with Crippen molar-refractivity contribution in [3.8, 4) is 0 Å². The van der Waals surface area contributed by atoms with E-state index in [1.165, 1.54) is 0 Å². The number of hydrogen-bond donors (Lipinski definition) is 3. The number of carbonyl (C=O) groups is 2. The Bertz CT molecular complexity index is 458. The lowest BCUT2D eigenvalue weighted by Crippen LogP contribution is -2.35. The Hall–Kier alpha value is -1.88. The Morgan fingerprint density at radius 2 is 1.89 bits per heavy atom. The van der Waals surface area contributed by atoms with Crippen LogP contribution in [0.15, 0.2) is 24.3 Å². The van der Waals surface area contributed by atoms with Crippen LogP contribution in [0.2, 0.25) is 0 Å². The zero-order chi connectivity index (χ0) is 14.4. The third kappa shape index (κ3) is 4.37. The van der Waals surface area contributed by atoms with Crippen LogP contribution in [0.4, 0.5) is 5.69 Å². The standard InChI is InChI=1S/C14H21N3O2/c1-4-9(2)16-14(19)11-7-5-6-8-12(11)17-13(18)10(3)15/h5-10H,4,15H2,1-3H3,(H,16,19)(H,17,18). The normalized spacial score (nSPS) is 13.5. The number of carbonyl (C=O) groups excluding carboxylic acids is 2. The van der Waals surface area contributed by atoms with Gasteiger partial charge in [0.2, 0.25) is 5.91 Å². The van der Waals surface area contributed by atoms with Crippen LogP contribution in [-0.2, 0) is 4.79 Å². The number of nitrogens with one attached hydrogen (secondary N) is 2. The lowest BCUT2D eigenvalue weighted by molar-refractivity contribution is -0.117. The zero-order valence-electron chi connectivity index (χ0n) is 11.6. The van der Waals surface area contributed by atoms with E-state index in [-0.39, 0.29) is 17.9 Å². The molecule has 0 spiro atoms. The summed E-state index contributed by atoms with van der Waals surface area (Å²) in [5.74, 6) is -0.515. The zero-order valence-corrected chi connectivity index (χ0v) is 11.6. The van der Waals surface area contributed by atoms with Gasteiger partial charge in [0.1, 0.15) is 0 Å². The maximum atomic E-state index is 12.1. The molecule has 2 unspecified atom stereocenters. The molecule has 5 heteroatoms. The summed E-state index contributed by atoms with van der Waals surface area (Å²) in [4.78, 5) is 23.7. The van der Waals surface area contributed by atoms with Crippen LogP contribution in [-0.4, -0.2) is 23.9 Å². The smallest absolute Gasteiger partial charge is 0.253 e. The first-order chi connectivity index (χ1) is 8.95. The Morgan fingerprint density at radius 3 is 2.47 bits per heavy atom. The highest BCUT2D eigenvalue weighted by Crippen LogP contribution is 2.15. The summed E-state index contributed by atoms with van der Waals surface area (Å²) < 4.78 is 0. The van der Waals surface area contributed by atoms with Gasteiger partial charge in [-0.1, -0.05) is 19.1 Å². The molecule has 0 fully saturated rings. The number of hydrogen-bond acceptors (Lipinski definition) is 3. The van der Waals surface area contributed by atoms with E-state index in [1.54, 1.807) is 31.2 Å². The van der Waals surface area contributed by atoms with Gasteiger partial charge in [-0.3, -0.25) is 9.59 Å². The van der Waals surface area contributed by atoms with Gasteiger partial charge in [0.05, 0.1) is 17.3 Å². The molecule has 19 heavy (non-hydrogen) atoms. The fourth-order valence-electron chi connectivity index (χ4n) is 1.44. The molecule has 0 saturated heterocycles. The van der Waals surface area contributed by atoms with E-state index in [1.807, 2.05) is 13.8 Å². The van der Waals surface area contributed by atoms with Gasteiger partial charge in [0.25, 0.3) is 5.91 Å². The molecular formula is C14H21N3O2. The van der Waals surface area contributed by atoms with E-state index in [0.717, 1.165) is 6.42 Å². The van der Waals surface area contributed by atoms with E-state index in [4.69, 9.17) is 5.73 Å². The van der Waals surface area contributed by atoms with Crippen LogP contribution in [0.25, 0.3) is 0 Å². The molecule has 0 aliphatic heterocycles. The predicted octanol–water partition coefficient (Wildman–Crippen LogP) is 1.50. The van der Waals surface area contributed by atoms with Gasteiger partial charge in [0, 0.05) is 6.04 Å². The topological polar surface area (TPSA) is 84.2 Å². The molecule has 5 nitrogen and oxygen atoms in total. The molecule has 2 amide bonds. The Labute approximate surface area is 113 Å². The second-order valence-corrected chi connectivity index (χ2v) is 4.61. The SMILES string of the molecule is CCC(C)NC(=O)c1ccccc1NC(=O)C(C)N. The van der Waals surface area contributed by atoms with Crippen molar-refractivity contribution < 1.29 is 9.59 Å². The van der Waals surface area contributed by atoms with Gasteiger partial charge in [0.15, 0.2) is 0 Å². The van der Waals surface area contributed by atoms with Crippen molar-refractivity contribution in [3.63, 3.8) is 0 Å². The Balaban J connectivity index is 2.89. The van der Waals surface area contributed by atoms with Gasteiger partial charge < -0.3 is 16.4 Å². The first-order valence-electron chi connectivity index (χ1n) is 6.42. The number of anilines is 1. The van der Waals surface area contributed by atoms with E-state index in [0.29, 0.717) is 11.3 Å². The number of amides is 2. The fourth-order valence-corrected chi connectivity index (χ4v) is 1.44. The molecule has 0 heterocycles. The molecule has 104 valence electrons. The largest absolute Gasteiger partial charge is 0.350 e. The summed E-state index contributed by atoms with van der Waals surface area (Å²) >= 11 is 0. The van der Waals surface area contributed by atoms with Gasteiger partial charge >= 0.3 is 0 Å². The highest BCUT2D eigenvalue weighted by atomic mass is 16.2. The molecule has 1 aromatic carbocycles. The fraction of sp³-hybridized carbons (Fsp3) is 0.429. The van der Waals surface area contributed by atoms with Crippen LogP contribution in [0.3, 0.4) is 0 Å². The minimum Gasteiger partial charge on any atom is -0.350 e. The Kier molecular flexibility index (Phi) is 5.51. The lowest BCUT2D eigenvalue weighted by atomic mass is 10.1. The van der Waals surface area contributed by atoms with Crippen LogP contribution < -0.4 is 16.4 Å². The molecule has 0 aromatic heterocycles. The molecule has 4 N–H and O–H groups in total. The van der Waals surface area contributed by atoms with Crippen LogP contribution in [0.1, 0.15) is 37.6 Å². The summed E-state index contributed by atoms with van der Waals surface area (Å²) in [6, 6.07) is 6.35. The van der Waals surface area contributed by atoms with E-state index >= 15 is 0 Å². The molecule has 1 rings (SSSR count). The Morgan fingerprint density at radius 1 is 1.26 bits per heavy atom. The quantitative estimate of drug-likeness (QED) is 0.752. The third-order valence-electron chi connectivity index (χ3n) is 2.83. The molecular weight excluding hydrogens is 242 g/mol. The van der Waals surface area contributed by atoms with E-state index in [9.17, 15) is 9.59 Å². The van der Waals surface area contributed by atoms with Crippen molar-refractivity contribution in [3.05, 3.63) is 29.8 Å². The summed E-state index contributed by atoms with van der Waals surface area (Å²) in [5.41, 5.74) is 6.42. The number of rotatable bonds is 5. The molecule has 0 aliphatic rings. The molecule has 0 radical (unpaired) electrons. The summed E-state index contributed by atoms with van der Waals surface area (Å²) in [6.45, 7) is 5.52. The minimum atomic E-state index is -0.620. The predicted molar refractivity (Wildman–Crippen MR) is 75.9 cm³/mol. The second-order valence-electron chi connectivity index (χ2n) is 4.61. The number of nitrogens with two attached hydrogens (primary N) is 1. The monoisotopic (exact) mass is 263 g/mol. The van der Waals surface area contributed by atoms with Crippen molar-refractivity contribution in [2.75, 3.05) is 5.32 Å². The van der Waals surface area contributed by atoms with E-state index in [2.05, 4.69) is 10.6 Å². The highest BCUT2D eigenvalue weighted by Gasteiger charge is 2.15. The second kappa shape index (κ2) is 6.89. The maximum absolute atomic E-state index is 12.1. The molecule has 0 bridgehead atoms. The van der Waals surface area contributed by atoms with Crippen molar-refractivity contribution >= 4 is 17.5 Å². The first kappa shape index (κ1) is 15.2. The number of para-hydroxylation sites is 1. The van der Waals surface area contributed by atoms with Gasteiger partial charge in [-0.05, 0) is 32.4 Å².